The zero-order valence-corrected chi connectivity index (χ0v) is 9.87. The number of halogens is 2. The third-order valence-corrected chi connectivity index (χ3v) is 2.33. The maximum Gasteiger partial charge on any atom is 0.277 e. The predicted molar refractivity (Wildman–Crippen MR) is 60.7 cm³/mol. The molecule has 0 aliphatic rings. The van der Waals surface area contributed by atoms with Gasteiger partial charge in [0.2, 0.25) is 0 Å². The van der Waals surface area contributed by atoms with Gasteiger partial charge in [0.1, 0.15) is 13.3 Å². The summed E-state index contributed by atoms with van der Waals surface area (Å²) in [5.41, 5.74) is 0.149. The van der Waals surface area contributed by atoms with Crippen LogP contribution in [0, 0.1) is 10.1 Å². The molecule has 1 aromatic carbocycles. The molecule has 17 heavy (non-hydrogen) atoms. The standard InChI is InChI=1S/C10H11ClFNO4/c1-16-9-4-7(6-11)8(13(14)15)5-10(9)17-3-2-12/h4-5H,2-3,6H2,1H3. The molecular weight excluding hydrogens is 253 g/mol. The molecule has 0 aliphatic carbocycles. The number of nitro groups is 1. The minimum Gasteiger partial charge on any atom is -0.493 e. The summed E-state index contributed by atoms with van der Waals surface area (Å²) in [4.78, 5) is 10.2. The van der Waals surface area contributed by atoms with Crippen LogP contribution in [0.2, 0.25) is 0 Å². The molecule has 0 spiro atoms. The van der Waals surface area contributed by atoms with Gasteiger partial charge < -0.3 is 9.47 Å². The monoisotopic (exact) mass is 263 g/mol. The van der Waals surface area contributed by atoms with Crippen molar-refractivity contribution in [2.24, 2.45) is 0 Å². The second-order valence-electron chi connectivity index (χ2n) is 3.06. The summed E-state index contributed by atoms with van der Waals surface area (Å²) in [7, 11) is 1.39. The summed E-state index contributed by atoms with van der Waals surface area (Å²) >= 11 is 5.60. The zero-order valence-electron chi connectivity index (χ0n) is 9.11. The van der Waals surface area contributed by atoms with E-state index in [9.17, 15) is 14.5 Å². The first-order chi connectivity index (χ1) is 8.13. The lowest BCUT2D eigenvalue weighted by molar-refractivity contribution is -0.385. The fraction of sp³-hybridized carbons (Fsp3) is 0.400. The first-order valence-corrected chi connectivity index (χ1v) is 5.27. The van der Waals surface area contributed by atoms with Crippen molar-refractivity contribution in [2.45, 2.75) is 5.88 Å². The highest BCUT2D eigenvalue weighted by molar-refractivity contribution is 6.17. The van der Waals surface area contributed by atoms with E-state index in [1.54, 1.807) is 0 Å². The zero-order chi connectivity index (χ0) is 12.8. The first kappa shape index (κ1) is 13.5. The van der Waals surface area contributed by atoms with Crippen LogP contribution in [-0.2, 0) is 5.88 Å². The van der Waals surface area contributed by atoms with Gasteiger partial charge in [-0.25, -0.2) is 4.39 Å². The summed E-state index contributed by atoms with van der Waals surface area (Å²) in [5.74, 6) is 0.404. The van der Waals surface area contributed by atoms with E-state index in [0.717, 1.165) is 0 Å². The Hall–Kier alpha value is -1.56. The number of hydrogen-bond acceptors (Lipinski definition) is 4. The van der Waals surface area contributed by atoms with Crippen molar-refractivity contribution in [3.05, 3.63) is 27.8 Å². The van der Waals surface area contributed by atoms with Crippen LogP contribution in [0.25, 0.3) is 0 Å². The van der Waals surface area contributed by atoms with Gasteiger partial charge in [-0.2, -0.15) is 0 Å². The molecule has 0 atom stereocenters. The maximum atomic E-state index is 12.0. The number of rotatable bonds is 6. The van der Waals surface area contributed by atoms with Gasteiger partial charge in [0.15, 0.2) is 11.5 Å². The lowest BCUT2D eigenvalue weighted by atomic mass is 10.2. The molecule has 94 valence electrons. The highest BCUT2D eigenvalue weighted by atomic mass is 35.5. The summed E-state index contributed by atoms with van der Waals surface area (Å²) < 4.78 is 22.0. The molecule has 0 aliphatic heterocycles. The van der Waals surface area contributed by atoms with Crippen LogP contribution >= 0.6 is 11.6 Å². The Bertz CT molecular complexity index is 414. The van der Waals surface area contributed by atoms with Crippen LogP contribution in [0.15, 0.2) is 12.1 Å². The van der Waals surface area contributed by atoms with E-state index in [1.807, 2.05) is 0 Å². The summed E-state index contributed by atoms with van der Waals surface area (Å²) in [6, 6.07) is 2.60. The summed E-state index contributed by atoms with van der Waals surface area (Å²) in [6.07, 6.45) is 0. The average molecular weight is 264 g/mol. The van der Waals surface area contributed by atoms with Crippen molar-refractivity contribution in [3.63, 3.8) is 0 Å². The van der Waals surface area contributed by atoms with Crippen LogP contribution in [0.4, 0.5) is 10.1 Å². The summed E-state index contributed by atoms with van der Waals surface area (Å²) in [5, 5.41) is 10.8. The van der Waals surface area contributed by atoms with Crippen molar-refractivity contribution in [1.29, 1.82) is 0 Å². The normalized spacial score (nSPS) is 10.1. The number of methoxy groups -OCH3 is 1. The maximum absolute atomic E-state index is 12.0. The molecule has 0 fully saturated rings. The van der Waals surface area contributed by atoms with E-state index in [1.165, 1.54) is 19.2 Å². The molecular formula is C10H11ClFNO4. The van der Waals surface area contributed by atoms with Crippen LogP contribution in [0.1, 0.15) is 5.56 Å². The lowest BCUT2D eigenvalue weighted by Gasteiger charge is -2.10. The highest BCUT2D eigenvalue weighted by Crippen LogP contribution is 2.35. The minimum absolute atomic E-state index is 0.0178. The highest BCUT2D eigenvalue weighted by Gasteiger charge is 2.18. The summed E-state index contributed by atoms with van der Waals surface area (Å²) in [6.45, 7) is -0.873. The van der Waals surface area contributed by atoms with Crippen LogP contribution in [-0.4, -0.2) is 25.3 Å². The Morgan fingerprint density at radius 1 is 1.47 bits per heavy atom. The van der Waals surface area contributed by atoms with Crippen molar-refractivity contribution < 1.29 is 18.8 Å². The number of ether oxygens (including phenoxy) is 2. The van der Waals surface area contributed by atoms with E-state index >= 15 is 0 Å². The Balaban J connectivity index is 3.18. The van der Waals surface area contributed by atoms with E-state index in [0.29, 0.717) is 11.3 Å². The molecule has 7 heteroatoms. The van der Waals surface area contributed by atoms with Gasteiger partial charge in [-0.1, -0.05) is 0 Å². The Morgan fingerprint density at radius 2 is 2.18 bits per heavy atom. The largest absolute Gasteiger partial charge is 0.493 e. The smallest absolute Gasteiger partial charge is 0.277 e. The molecule has 0 unspecified atom stereocenters. The Labute approximate surface area is 102 Å². The molecule has 0 N–H and O–H groups in total. The van der Waals surface area contributed by atoms with E-state index < -0.39 is 11.6 Å². The van der Waals surface area contributed by atoms with Gasteiger partial charge in [0.05, 0.1) is 24.0 Å². The molecule has 0 saturated carbocycles. The SMILES string of the molecule is COc1cc(CCl)c([N+](=O)[O-])cc1OCCF. The molecule has 0 bridgehead atoms. The molecule has 0 saturated heterocycles. The fourth-order valence-electron chi connectivity index (χ4n) is 1.29. The predicted octanol–water partition coefficient (Wildman–Crippen LogP) is 2.69. The lowest BCUT2D eigenvalue weighted by Crippen LogP contribution is -2.03. The second-order valence-corrected chi connectivity index (χ2v) is 3.33. The van der Waals surface area contributed by atoms with Crippen molar-refractivity contribution >= 4 is 17.3 Å². The first-order valence-electron chi connectivity index (χ1n) is 4.74. The molecule has 0 radical (unpaired) electrons. The molecule has 0 amide bonds. The molecule has 0 aromatic heterocycles. The van der Waals surface area contributed by atoms with Gasteiger partial charge in [-0.15, -0.1) is 11.6 Å². The minimum atomic E-state index is -0.686. The fourth-order valence-corrected chi connectivity index (χ4v) is 1.50. The van der Waals surface area contributed by atoms with Gasteiger partial charge in [0.25, 0.3) is 5.69 Å². The Kier molecular flexibility index (Phi) is 4.96. The number of hydrogen-bond donors (Lipinski definition) is 0. The third-order valence-electron chi connectivity index (χ3n) is 2.04. The van der Waals surface area contributed by atoms with E-state index in [4.69, 9.17) is 21.1 Å². The average Bonchev–Trinajstić information content (AvgIpc) is 2.34. The van der Waals surface area contributed by atoms with Crippen molar-refractivity contribution in [1.82, 2.24) is 0 Å². The van der Waals surface area contributed by atoms with Gasteiger partial charge >= 0.3 is 0 Å². The number of alkyl halides is 2. The van der Waals surface area contributed by atoms with E-state index in [-0.39, 0.29) is 23.9 Å². The molecule has 1 rings (SSSR count). The van der Waals surface area contributed by atoms with Gasteiger partial charge in [-0.3, -0.25) is 10.1 Å². The third kappa shape index (κ3) is 3.20. The number of benzene rings is 1. The van der Waals surface area contributed by atoms with Crippen LogP contribution in [0.3, 0.4) is 0 Å². The van der Waals surface area contributed by atoms with Gasteiger partial charge in [0, 0.05) is 5.56 Å². The molecule has 5 nitrogen and oxygen atoms in total. The van der Waals surface area contributed by atoms with E-state index in [2.05, 4.69) is 0 Å². The van der Waals surface area contributed by atoms with Crippen molar-refractivity contribution in [3.8, 4) is 11.5 Å². The molecule has 1 aromatic rings. The van der Waals surface area contributed by atoms with Crippen LogP contribution in [0.5, 0.6) is 11.5 Å². The second kappa shape index (κ2) is 6.24. The number of nitrogens with zero attached hydrogens (tertiary/aromatic N) is 1. The topological polar surface area (TPSA) is 61.6 Å². The molecule has 0 heterocycles. The Morgan fingerprint density at radius 3 is 2.65 bits per heavy atom. The number of nitro benzene ring substituents is 1. The quantitative estimate of drug-likeness (QED) is 0.450. The van der Waals surface area contributed by atoms with Crippen molar-refractivity contribution in [2.75, 3.05) is 20.4 Å². The van der Waals surface area contributed by atoms with Gasteiger partial charge in [-0.05, 0) is 6.07 Å². The van der Waals surface area contributed by atoms with Crippen LogP contribution < -0.4 is 9.47 Å².